The van der Waals surface area contributed by atoms with Crippen LogP contribution in [0.2, 0.25) is 0 Å². The van der Waals surface area contributed by atoms with Crippen LogP contribution in [0.15, 0.2) is 6.07 Å². The zero-order valence-corrected chi connectivity index (χ0v) is 14.1. The van der Waals surface area contributed by atoms with Crippen molar-refractivity contribution in [3.8, 4) is 5.75 Å². The zero-order chi connectivity index (χ0) is 16.6. The van der Waals surface area contributed by atoms with Crippen molar-refractivity contribution < 1.29 is 17.9 Å². The molecule has 0 saturated heterocycles. The van der Waals surface area contributed by atoms with Gasteiger partial charge in [-0.1, -0.05) is 6.92 Å². The molecule has 3 rings (SSSR count). The first kappa shape index (κ1) is 16.2. The smallest absolute Gasteiger partial charge is 0.285 e. The van der Waals surface area contributed by atoms with E-state index in [9.17, 15) is 13.2 Å². The third-order valence-corrected chi connectivity index (χ3v) is 6.30. The summed E-state index contributed by atoms with van der Waals surface area (Å²) in [5, 5.41) is 7.40. The average Bonchev–Trinajstić information content (AvgIpc) is 3.26. The Bertz CT molecular complexity index is 715. The predicted molar refractivity (Wildman–Crippen MR) is 83.7 cm³/mol. The molecule has 0 bridgehead atoms. The van der Waals surface area contributed by atoms with Gasteiger partial charge in [0.2, 0.25) is 10.0 Å². The maximum atomic E-state index is 12.3. The minimum Gasteiger partial charge on any atom is -0.495 e. The summed E-state index contributed by atoms with van der Waals surface area (Å²) in [6.07, 6.45) is 4.09. The molecule has 2 atom stereocenters. The van der Waals surface area contributed by atoms with Gasteiger partial charge in [-0.2, -0.15) is 5.10 Å². The van der Waals surface area contributed by atoms with Crippen LogP contribution in [0.3, 0.4) is 0 Å². The highest BCUT2D eigenvalue weighted by atomic mass is 32.2. The van der Waals surface area contributed by atoms with Crippen molar-refractivity contribution >= 4 is 15.9 Å². The highest BCUT2D eigenvalue weighted by Gasteiger charge is 2.34. The molecule has 0 radical (unpaired) electrons. The number of ether oxygens (including phenoxy) is 1. The monoisotopic (exact) mass is 339 g/mol. The molecule has 2 aliphatic rings. The average molecular weight is 339 g/mol. The molecule has 1 heterocycles. The van der Waals surface area contributed by atoms with E-state index in [1.807, 2.05) is 6.92 Å². The third kappa shape index (κ3) is 3.46. The van der Waals surface area contributed by atoms with Crippen molar-refractivity contribution in [3.05, 3.63) is 17.5 Å². The number of methoxy groups -OCH3 is 1. The van der Waals surface area contributed by atoms with Gasteiger partial charge < -0.3 is 4.74 Å². The van der Waals surface area contributed by atoms with E-state index in [1.54, 1.807) is 0 Å². The largest absolute Gasteiger partial charge is 0.495 e. The fourth-order valence-corrected chi connectivity index (χ4v) is 4.56. The maximum absolute atomic E-state index is 12.3. The van der Waals surface area contributed by atoms with Crippen molar-refractivity contribution in [2.45, 2.75) is 50.2 Å². The van der Waals surface area contributed by atoms with Crippen LogP contribution >= 0.6 is 0 Å². The molecule has 0 spiro atoms. The summed E-state index contributed by atoms with van der Waals surface area (Å²) in [6, 6.07) is 1.46. The first-order valence-corrected chi connectivity index (χ1v) is 9.43. The van der Waals surface area contributed by atoms with E-state index >= 15 is 0 Å². The minimum absolute atomic E-state index is 0.0409. The van der Waals surface area contributed by atoms with E-state index in [-0.39, 0.29) is 5.69 Å². The van der Waals surface area contributed by atoms with E-state index in [0.29, 0.717) is 30.4 Å². The molecule has 1 N–H and O–H groups in total. The number of nitrogens with zero attached hydrogens (tertiary/aromatic N) is 2. The summed E-state index contributed by atoms with van der Waals surface area (Å²) in [4.78, 5) is 12.2. The zero-order valence-electron chi connectivity index (χ0n) is 13.3. The standard InChI is InChI=1S/C15H21N3O4S/c1-9-3-6-11(7-9)23(20,21)18-15(19)12-8-13(22-2)14(17-16-12)10-4-5-10/h8-11H,3-7H2,1-2H3,(H,18,19). The Morgan fingerprint density at radius 3 is 2.57 bits per heavy atom. The number of nitrogens with one attached hydrogen (secondary N) is 1. The number of hydrogen-bond donors (Lipinski definition) is 1. The molecule has 126 valence electrons. The van der Waals surface area contributed by atoms with E-state index < -0.39 is 21.2 Å². The molecule has 1 aromatic heterocycles. The van der Waals surface area contributed by atoms with Gasteiger partial charge in [-0.05, 0) is 38.0 Å². The predicted octanol–water partition coefficient (Wildman–Crippen LogP) is 1.61. The normalized spacial score (nSPS) is 24.4. The van der Waals surface area contributed by atoms with Gasteiger partial charge in [-0.25, -0.2) is 13.1 Å². The Morgan fingerprint density at radius 2 is 2.00 bits per heavy atom. The number of sulfonamides is 1. The number of aromatic nitrogens is 2. The molecular formula is C15H21N3O4S. The molecule has 1 amide bonds. The summed E-state index contributed by atoms with van der Waals surface area (Å²) >= 11 is 0. The van der Waals surface area contributed by atoms with Crippen molar-refractivity contribution in [1.82, 2.24) is 14.9 Å². The quantitative estimate of drug-likeness (QED) is 0.875. The van der Waals surface area contributed by atoms with Crippen LogP contribution in [0.1, 0.15) is 61.1 Å². The van der Waals surface area contributed by atoms with Crippen molar-refractivity contribution in [2.75, 3.05) is 7.11 Å². The Kier molecular flexibility index (Phi) is 4.27. The van der Waals surface area contributed by atoms with Crippen LogP contribution in [0.5, 0.6) is 5.75 Å². The minimum atomic E-state index is -3.68. The second-order valence-corrected chi connectivity index (χ2v) is 8.43. The number of hydrogen-bond acceptors (Lipinski definition) is 6. The highest BCUT2D eigenvalue weighted by Crippen LogP contribution is 2.42. The Hall–Kier alpha value is -1.70. The summed E-state index contributed by atoms with van der Waals surface area (Å²) in [5.74, 6) is 0.430. The van der Waals surface area contributed by atoms with E-state index in [4.69, 9.17) is 4.74 Å². The lowest BCUT2D eigenvalue weighted by atomic mass is 10.1. The molecule has 0 aliphatic heterocycles. The topological polar surface area (TPSA) is 98.2 Å². The fourth-order valence-electron chi connectivity index (χ4n) is 3.00. The molecule has 2 aliphatic carbocycles. The highest BCUT2D eigenvalue weighted by molar-refractivity contribution is 7.90. The molecular weight excluding hydrogens is 318 g/mol. The van der Waals surface area contributed by atoms with Gasteiger partial charge in [0.15, 0.2) is 5.69 Å². The first-order valence-electron chi connectivity index (χ1n) is 7.88. The van der Waals surface area contributed by atoms with Gasteiger partial charge in [0, 0.05) is 12.0 Å². The Morgan fingerprint density at radius 1 is 1.26 bits per heavy atom. The molecule has 2 unspecified atom stereocenters. The van der Waals surface area contributed by atoms with E-state index in [2.05, 4.69) is 14.9 Å². The Balaban J connectivity index is 1.75. The van der Waals surface area contributed by atoms with Crippen LogP contribution in [0.25, 0.3) is 0 Å². The van der Waals surface area contributed by atoms with E-state index in [1.165, 1.54) is 13.2 Å². The molecule has 2 fully saturated rings. The lowest BCUT2D eigenvalue weighted by molar-refractivity contribution is 0.0974. The lowest BCUT2D eigenvalue weighted by Crippen LogP contribution is -2.37. The summed E-state index contributed by atoms with van der Waals surface area (Å²) in [5.41, 5.74) is 0.692. The van der Waals surface area contributed by atoms with Crippen LogP contribution in [0.4, 0.5) is 0 Å². The van der Waals surface area contributed by atoms with E-state index in [0.717, 1.165) is 25.0 Å². The number of rotatable bonds is 5. The maximum Gasteiger partial charge on any atom is 0.285 e. The molecule has 7 nitrogen and oxygen atoms in total. The van der Waals surface area contributed by atoms with Gasteiger partial charge in [-0.15, -0.1) is 5.10 Å². The Labute approximate surface area is 135 Å². The number of carbonyl (C=O) groups is 1. The van der Waals surface area contributed by atoms with Gasteiger partial charge >= 0.3 is 0 Å². The van der Waals surface area contributed by atoms with Crippen molar-refractivity contribution in [2.24, 2.45) is 5.92 Å². The van der Waals surface area contributed by atoms with Crippen LogP contribution in [-0.2, 0) is 10.0 Å². The van der Waals surface area contributed by atoms with Gasteiger partial charge in [0.25, 0.3) is 5.91 Å². The summed E-state index contributed by atoms with van der Waals surface area (Å²) < 4.78 is 32.0. The van der Waals surface area contributed by atoms with Crippen LogP contribution in [-0.4, -0.2) is 36.9 Å². The molecule has 8 heteroatoms. The van der Waals surface area contributed by atoms with Gasteiger partial charge in [0.05, 0.1) is 12.4 Å². The number of amides is 1. The van der Waals surface area contributed by atoms with Gasteiger partial charge in [0.1, 0.15) is 11.4 Å². The second-order valence-electron chi connectivity index (χ2n) is 6.47. The van der Waals surface area contributed by atoms with Crippen LogP contribution < -0.4 is 9.46 Å². The third-order valence-electron chi connectivity index (χ3n) is 4.52. The van der Waals surface area contributed by atoms with Gasteiger partial charge in [-0.3, -0.25) is 4.79 Å². The second kappa shape index (κ2) is 6.07. The fraction of sp³-hybridized carbons (Fsp3) is 0.667. The van der Waals surface area contributed by atoms with Crippen molar-refractivity contribution in [1.29, 1.82) is 0 Å². The lowest BCUT2D eigenvalue weighted by Gasteiger charge is -2.13. The molecule has 2 saturated carbocycles. The molecule has 0 aromatic carbocycles. The number of carbonyl (C=O) groups excluding carboxylic acids is 1. The van der Waals surface area contributed by atoms with Crippen LogP contribution in [0, 0.1) is 5.92 Å². The first-order chi connectivity index (χ1) is 10.9. The molecule has 23 heavy (non-hydrogen) atoms. The molecule has 1 aromatic rings. The summed E-state index contributed by atoms with van der Waals surface area (Å²) in [6.45, 7) is 2.02. The van der Waals surface area contributed by atoms with Crippen molar-refractivity contribution in [3.63, 3.8) is 0 Å². The summed E-state index contributed by atoms with van der Waals surface area (Å²) in [7, 11) is -2.18. The SMILES string of the molecule is COc1cc(C(=O)NS(=O)(=O)C2CCC(C)C2)nnc1C1CC1.